The number of carbonyl (C=O) groups excluding carboxylic acids is 1. The third kappa shape index (κ3) is 2.73. The molecule has 2 aromatic heterocycles. The van der Waals surface area contributed by atoms with E-state index in [0.29, 0.717) is 6.54 Å². The Bertz CT molecular complexity index is 657. The van der Waals surface area contributed by atoms with Crippen LogP contribution in [0.3, 0.4) is 0 Å². The molecular weight excluding hydrogens is 244 g/mol. The van der Waals surface area contributed by atoms with Crippen LogP contribution in [0.5, 0.6) is 0 Å². The van der Waals surface area contributed by atoms with Crippen molar-refractivity contribution < 1.29 is 4.79 Å². The van der Waals surface area contributed by atoms with Crippen molar-refractivity contribution in [1.29, 1.82) is 0 Å². The van der Waals surface area contributed by atoms with Gasteiger partial charge in [0.25, 0.3) is 11.5 Å². The van der Waals surface area contributed by atoms with Gasteiger partial charge in [0.2, 0.25) is 0 Å². The van der Waals surface area contributed by atoms with Crippen LogP contribution in [0.15, 0.2) is 35.5 Å². The molecule has 0 radical (unpaired) electrons. The third-order valence-electron chi connectivity index (χ3n) is 2.88. The summed E-state index contributed by atoms with van der Waals surface area (Å²) in [6, 6.07) is 3.23. The first-order chi connectivity index (χ1) is 8.99. The predicted octanol–water partition coefficient (Wildman–Crippen LogP) is 0.391. The molecule has 0 spiro atoms. The zero-order valence-corrected chi connectivity index (χ0v) is 11.2. The highest BCUT2D eigenvalue weighted by atomic mass is 16.2. The third-order valence-corrected chi connectivity index (χ3v) is 2.88. The summed E-state index contributed by atoms with van der Waals surface area (Å²) >= 11 is 0. The van der Waals surface area contributed by atoms with Gasteiger partial charge in [0, 0.05) is 45.6 Å². The first-order valence-electron chi connectivity index (χ1n) is 5.87. The highest BCUT2D eigenvalue weighted by Crippen LogP contribution is 2.04. The van der Waals surface area contributed by atoms with Gasteiger partial charge in [-0.2, -0.15) is 5.10 Å². The van der Waals surface area contributed by atoms with Gasteiger partial charge in [-0.3, -0.25) is 14.3 Å². The van der Waals surface area contributed by atoms with Crippen LogP contribution in [0.4, 0.5) is 0 Å². The maximum absolute atomic E-state index is 12.2. The lowest BCUT2D eigenvalue weighted by Crippen LogP contribution is -2.33. The van der Waals surface area contributed by atoms with Gasteiger partial charge in [-0.05, 0) is 12.1 Å². The van der Waals surface area contributed by atoms with Crippen molar-refractivity contribution in [1.82, 2.24) is 19.2 Å². The molecule has 0 unspecified atom stereocenters. The molecule has 19 heavy (non-hydrogen) atoms. The molecule has 2 rings (SSSR count). The number of amides is 1. The zero-order valence-electron chi connectivity index (χ0n) is 11.2. The van der Waals surface area contributed by atoms with E-state index >= 15 is 0 Å². The number of hydrogen-bond donors (Lipinski definition) is 0. The average Bonchev–Trinajstić information content (AvgIpc) is 2.77. The fraction of sp³-hybridized carbons (Fsp3) is 0.308. The van der Waals surface area contributed by atoms with Crippen LogP contribution < -0.4 is 5.56 Å². The summed E-state index contributed by atoms with van der Waals surface area (Å²) < 4.78 is 3.07. The molecule has 6 heteroatoms. The fourth-order valence-corrected chi connectivity index (χ4v) is 1.86. The molecule has 0 saturated carbocycles. The summed E-state index contributed by atoms with van der Waals surface area (Å²) in [6.45, 7) is 0.421. The van der Waals surface area contributed by atoms with E-state index in [1.54, 1.807) is 43.3 Å². The zero-order chi connectivity index (χ0) is 14.0. The van der Waals surface area contributed by atoms with E-state index < -0.39 is 0 Å². The SMILES string of the molecule is CN(Cc1cnn(C)c1)C(=O)c1cccn(C)c1=O. The maximum Gasteiger partial charge on any atom is 0.263 e. The first kappa shape index (κ1) is 13.1. The summed E-state index contributed by atoms with van der Waals surface area (Å²) in [5, 5.41) is 4.05. The smallest absolute Gasteiger partial charge is 0.263 e. The molecule has 0 fully saturated rings. The Balaban J connectivity index is 2.19. The van der Waals surface area contributed by atoms with Crippen molar-refractivity contribution in [2.24, 2.45) is 14.1 Å². The molecule has 1 amide bonds. The van der Waals surface area contributed by atoms with Gasteiger partial charge >= 0.3 is 0 Å². The van der Waals surface area contributed by atoms with E-state index in [0.717, 1.165) is 5.56 Å². The largest absolute Gasteiger partial charge is 0.337 e. The van der Waals surface area contributed by atoms with Gasteiger partial charge in [-0.1, -0.05) is 0 Å². The van der Waals surface area contributed by atoms with Crippen LogP contribution in [-0.4, -0.2) is 32.2 Å². The number of aromatic nitrogens is 3. The molecule has 0 aliphatic carbocycles. The van der Waals surface area contributed by atoms with Crippen molar-refractivity contribution in [3.63, 3.8) is 0 Å². The van der Waals surface area contributed by atoms with Gasteiger partial charge in [-0.25, -0.2) is 0 Å². The highest BCUT2D eigenvalue weighted by molar-refractivity contribution is 5.93. The minimum Gasteiger partial charge on any atom is -0.337 e. The van der Waals surface area contributed by atoms with Crippen LogP contribution in [-0.2, 0) is 20.6 Å². The van der Waals surface area contributed by atoms with Crippen LogP contribution in [0, 0.1) is 0 Å². The van der Waals surface area contributed by atoms with E-state index in [-0.39, 0.29) is 17.0 Å². The molecule has 0 saturated heterocycles. The second-order valence-electron chi connectivity index (χ2n) is 4.52. The van der Waals surface area contributed by atoms with Crippen LogP contribution in [0.2, 0.25) is 0 Å². The Labute approximate surface area is 110 Å². The highest BCUT2D eigenvalue weighted by Gasteiger charge is 2.16. The van der Waals surface area contributed by atoms with Crippen molar-refractivity contribution >= 4 is 5.91 Å². The normalized spacial score (nSPS) is 10.5. The monoisotopic (exact) mass is 260 g/mol. The average molecular weight is 260 g/mol. The Hall–Kier alpha value is -2.37. The van der Waals surface area contributed by atoms with Gasteiger partial charge in [0.05, 0.1) is 6.20 Å². The van der Waals surface area contributed by atoms with E-state index in [1.807, 2.05) is 13.2 Å². The number of nitrogens with zero attached hydrogens (tertiary/aromatic N) is 4. The molecule has 0 aromatic carbocycles. The second kappa shape index (κ2) is 5.09. The molecule has 100 valence electrons. The van der Waals surface area contributed by atoms with Crippen molar-refractivity contribution in [2.45, 2.75) is 6.54 Å². The lowest BCUT2D eigenvalue weighted by atomic mass is 10.2. The van der Waals surface area contributed by atoms with Crippen LogP contribution >= 0.6 is 0 Å². The minimum absolute atomic E-state index is 0.177. The van der Waals surface area contributed by atoms with E-state index in [4.69, 9.17) is 0 Å². The Morgan fingerprint density at radius 3 is 2.79 bits per heavy atom. The Morgan fingerprint density at radius 2 is 2.16 bits per heavy atom. The summed E-state index contributed by atoms with van der Waals surface area (Å²) in [5.41, 5.74) is 0.813. The standard InChI is InChI=1S/C13H16N4O2/c1-15-6-4-5-11(12(15)18)13(19)16(2)8-10-7-14-17(3)9-10/h4-7,9H,8H2,1-3H3. The molecule has 0 N–H and O–H groups in total. The van der Waals surface area contributed by atoms with Gasteiger partial charge in [0.15, 0.2) is 0 Å². The quantitative estimate of drug-likeness (QED) is 0.802. The predicted molar refractivity (Wildman–Crippen MR) is 70.7 cm³/mol. The van der Waals surface area contributed by atoms with E-state index in [9.17, 15) is 9.59 Å². The van der Waals surface area contributed by atoms with Gasteiger partial charge in [0.1, 0.15) is 5.56 Å². The molecule has 0 aliphatic heterocycles. The molecule has 2 aromatic rings. The number of hydrogen-bond acceptors (Lipinski definition) is 3. The number of rotatable bonds is 3. The maximum atomic E-state index is 12.2. The van der Waals surface area contributed by atoms with Crippen molar-refractivity contribution in [2.75, 3.05) is 7.05 Å². The summed E-state index contributed by atoms with van der Waals surface area (Å²) in [7, 11) is 5.11. The van der Waals surface area contributed by atoms with Crippen LogP contribution in [0.25, 0.3) is 0 Å². The number of pyridine rings is 1. The fourth-order valence-electron chi connectivity index (χ4n) is 1.86. The second-order valence-corrected chi connectivity index (χ2v) is 4.52. The molecule has 2 heterocycles. The lowest BCUT2D eigenvalue weighted by Gasteiger charge is -2.16. The number of carbonyl (C=O) groups is 1. The molecule has 6 nitrogen and oxygen atoms in total. The van der Waals surface area contributed by atoms with Gasteiger partial charge < -0.3 is 9.47 Å². The molecule has 0 atom stereocenters. The number of aryl methyl sites for hydroxylation is 2. The minimum atomic E-state index is -0.287. The topological polar surface area (TPSA) is 60.1 Å². The van der Waals surface area contributed by atoms with Crippen molar-refractivity contribution in [3.8, 4) is 0 Å². The molecular formula is C13H16N4O2. The Morgan fingerprint density at radius 1 is 1.42 bits per heavy atom. The molecule has 0 aliphatic rings. The van der Waals surface area contributed by atoms with E-state index in [1.165, 1.54) is 9.47 Å². The first-order valence-corrected chi connectivity index (χ1v) is 5.87. The summed E-state index contributed by atoms with van der Waals surface area (Å²) in [5.74, 6) is -0.287. The molecule has 0 bridgehead atoms. The van der Waals surface area contributed by atoms with Gasteiger partial charge in [-0.15, -0.1) is 0 Å². The Kier molecular flexibility index (Phi) is 3.50. The van der Waals surface area contributed by atoms with Crippen molar-refractivity contribution in [3.05, 3.63) is 52.2 Å². The summed E-state index contributed by atoms with van der Waals surface area (Å²) in [4.78, 5) is 25.6. The summed E-state index contributed by atoms with van der Waals surface area (Å²) in [6.07, 6.45) is 5.17. The lowest BCUT2D eigenvalue weighted by molar-refractivity contribution is 0.0782. The van der Waals surface area contributed by atoms with E-state index in [2.05, 4.69) is 5.10 Å². The van der Waals surface area contributed by atoms with Crippen LogP contribution in [0.1, 0.15) is 15.9 Å².